The molecule has 0 radical (unpaired) electrons. The Morgan fingerprint density at radius 3 is 2.59 bits per heavy atom. The van der Waals surface area contributed by atoms with Crippen LogP contribution in [-0.4, -0.2) is 40.8 Å². The molecule has 1 amide bonds. The summed E-state index contributed by atoms with van der Waals surface area (Å²) in [5.74, 6) is 2.90. The first-order valence-corrected chi connectivity index (χ1v) is 13.0. The molecule has 0 saturated carbocycles. The number of aromatic nitrogens is 3. The maximum absolute atomic E-state index is 13.2. The van der Waals surface area contributed by atoms with Gasteiger partial charge in [0.1, 0.15) is 24.2 Å². The number of amides is 1. The van der Waals surface area contributed by atoms with Gasteiger partial charge in [0.05, 0.1) is 29.9 Å². The van der Waals surface area contributed by atoms with E-state index in [0.29, 0.717) is 41.1 Å². The summed E-state index contributed by atoms with van der Waals surface area (Å²) in [5.41, 5.74) is 4.27. The van der Waals surface area contributed by atoms with E-state index in [1.165, 1.54) is 18.2 Å². The number of ether oxygens (including phenoxy) is 2. The van der Waals surface area contributed by atoms with Crippen LogP contribution in [0.3, 0.4) is 0 Å². The Balaban J connectivity index is 1.57. The first-order chi connectivity index (χ1) is 20.0. The van der Waals surface area contributed by atoms with Crippen molar-refractivity contribution in [1.29, 1.82) is 0 Å². The SMILES string of the molecule is C#CCCOC(c1ccccc1)c1cc(OCCNC(=O)C=C)c2cc(-c3n[nH]c4cc(C(F)F)ccc34)[nH]c2c1. The van der Waals surface area contributed by atoms with Gasteiger partial charge in [-0.15, -0.1) is 12.3 Å². The monoisotopic (exact) mass is 554 g/mol. The number of H-pyrrole nitrogens is 2. The van der Waals surface area contributed by atoms with Gasteiger partial charge in [0.25, 0.3) is 6.43 Å². The van der Waals surface area contributed by atoms with E-state index in [1.54, 1.807) is 6.07 Å². The van der Waals surface area contributed by atoms with E-state index in [1.807, 2.05) is 48.5 Å². The van der Waals surface area contributed by atoms with Gasteiger partial charge in [0, 0.05) is 22.8 Å². The van der Waals surface area contributed by atoms with Gasteiger partial charge in [-0.25, -0.2) is 8.78 Å². The average molecular weight is 555 g/mol. The molecular formula is C32H28F2N4O3. The molecule has 5 rings (SSSR count). The lowest BCUT2D eigenvalue weighted by molar-refractivity contribution is -0.116. The summed E-state index contributed by atoms with van der Waals surface area (Å²) in [6.45, 7) is 4.33. The van der Waals surface area contributed by atoms with Crippen LogP contribution in [-0.2, 0) is 9.53 Å². The van der Waals surface area contributed by atoms with E-state index in [0.717, 1.165) is 22.0 Å². The van der Waals surface area contributed by atoms with Crippen molar-refractivity contribution in [3.63, 3.8) is 0 Å². The third-order valence-electron chi connectivity index (χ3n) is 6.60. The molecule has 3 aromatic carbocycles. The van der Waals surface area contributed by atoms with E-state index in [-0.39, 0.29) is 24.6 Å². The van der Waals surface area contributed by atoms with Crippen LogP contribution in [0.5, 0.6) is 5.75 Å². The minimum atomic E-state index is -2.57. The summed E-state index contributed by atoms with van der Waals surface area (Å²) >= 11 is 0. The molecule has 0 spiro atoms. The lowest BCUT2D eigenvalue weighted by atomic mass is 9.99. The summed E-state index contributed by atoms with van der Waals surface area (Å²) < 4.78 is 38.8. The summed E-state index contributed by atoms with van der Waals surface area (Å²) in [5, 5.41) is 11.5. The minimum Gasteiger partial charge on any atom is -0.491 e. The van der Waals surface area contributed by atoms with Crippen molar-refractivity contribution in [3.8, 4) is 29.5 Å². The molecule has 1 atom stereocenters. The standard InChI is InChI=1S/C32H28F2N4O3/c1-3-5-14-41-31(20-9-7-6-8-10-20)22-17-25-24(28(18-22)40-15-13-35-29(39)4-2)19-27(36-25)30-23-12-11-21(32(33)34)16-26(23)37-38-30/h1,4,6-12,16-19,31-32,36H,2,5,13-15H2,(H,35,39)(H,37,38). The summed E-state index contributed by atoms with van der Waals surface area (Å²) in [4.78, 5) is 15.0. The number of benzene rings is 3. The van der Waals surface area contributed by atoms with Crippen molar-refractivity contribution in [2.24, 2.45) is 0 Å². The smallest absolute Gasteiger partial charge is 0.263 e. The number of terminal acetylenes is 1. The van der Waals surface area contributed by atoms with Crippen LogP contribution in [0.25, 0.3) is 33.2 Å². The number of nitrogens with one attached hydrogen (secondary N) is 3. The summed E-state index contributed by atoms with van der Waals surface area (Å²) in [7, 11) is 0. The second-order valence-corrected chi connectivity index (χ2v) is 9.30. The minimum absolute atomic E-state index is 0.0787. The van der Waals surface area contributed by atoms with Crippen molar-refractivity contribution in [2.75, 3.05) is 19.8 Å². The number of carbonyl (C=O) groups is 1. The highest BCUT2D eigenvalue weighted by atomic mass is 19.3. The topological polar surface area (TPSA) is 92.0 Å². The number of fused-ring (bicyclic) bond motifs is 2. The van der Waals surface area contributed by atoms with E-state index >= 15 is 0 Å². The van der Waals surface area contributed by atoms with Crippen molar-refractivity contribution in [2.45, 2.75) is 19.0 Å². The number of aromatic amines is 2. The summed E-state index contributed by atoms with van der Waals surface area (Å²) in [6, 6.07) is 20.1. The second-order valence-electron chi connectivity index (χ2n) is 9.30. The number of rotatable bonds is 12. The van der Waals surface area contributed by atoms with Crippen molar-refractivity contribution < 1.29 is 23.0 Å². The van der Waals surface area contributed by atoms with Gasteiger partial charge >= 0.3 is 0 Å². The van der Waals surface area contributed by atoms with Crippen LogP contribution < -0.4 is 10.1 Å². The molecule has 9 heteroatoms. The third kappa shape index (κ3) is 6.13. The maximum atomic E-state index is 13.2. The molecule has 41 heavy (non-hydrogen) atoms. The fourth-order valence-corrected chi connectivity index (χ4v) is 4.66. The molecule has 2 aromatic heterocycles. The van der Waals surface area contributed by atoms with Gasteiger partial charge in [0.15, 0.2) is 0 Å². The van der Waals surface area contributed by atoms with Gasteiger partial charge in [-0.1, -0.05) is 49.0 Å². The molecule has 7 nitrogen and oxygen atoms in total. The van der Waals surface area contributed by atoms with Crippen LogP contribution in [0.4, 0.5) is 8.78 Å². The molecule has 0 aliphatic carbocycles. The highest BCUT2D eigenvalue weighted by molar-refractivity contribution is 5.97. The maximum Gasteiger partial charge on any atom is 0.263 e. The number of alkyl halides is 2. The van der Waals surface area contributed by atoms with Gasteiger partial charge in [-0.05, 0) is 41.5 Å². The van der Waals surface area contributed by atoms with Crippen molar-refractivity contribution in [1.82, 2.24) is 20.5 Å². The number of halogens is 2. The van der Waals surface area contributed by atoms with Crippen molar-refractivity contribution in [3.05, 3.63) is 96.1 Å². The van der Waals surface area contributed by atoms with Gasteiger partial charge < -0.3 is 19.8 Å². The molecule has 0 bridgehead atoms. The van der Waals surface area contributed by atoms with Crippen LogP contribution in [0.1, 0.15) is 35.6 Å². The first-order valence-electron chi connectivity index (χ1n) is 13.0. The predicted molar refractivity (Wildman–Crippen MR) is 155 cm³/mol. The Morgan fingerprint density at radius 2 is 1.83 bits per heavy atom. The predicted octanol–water partition coefficient (Wildman–Crippen LogP) is 6.46. The lowest BCUT2D eigenvalue weighted by Gasteiger charge is -2.20. The van der Waals surface area contributed by atoms with E-state index < -0.39 is 12.5 Å². The second kappa shape index (κ2) is 12.5. The molecule has 1 unspecified atom stereocenters. The highest BCUT2D eigenvalue weighted by Crippen LogP contribution is 2.38. The lowest BCUT2D eigenvalue weighted by Crippen LogP contribution is -2.26. The molecular weight excluding hydrogens is 526 g/mol. The molecule has 0 fully saturated rings. The number of carbonyl (C=O) groups excluding carboxylic acids is 1. The Labute approximate surface area is 235 Å². The van der Waals surface area contributed by atoms with E-state index in [4.69, 9.17) is 15.9 Å². The Kier molecular flexibility index (Phi) is 8.42. The van der Waals surface area contributed by atoms with Crippen LogP contribution >= 0.6 is 0 Å². The fourth-order valence-electron chi connectivity index (χ4n) is 4.66. The van der Waals surface area contributed by atoms with Gasteiger partial charge in [0.2, 0.25) is 5.91 Å². The molecule has 0 aliphatic rings. The van der Waals surface area contributed by atoms with Crippen LogP contribution in [0, 0.1) is 12.3 Å². The molecule has 5 aromatic rings. The van der Waals surface area contributed by atoms with Gasteiger partial charge in [-0.3, -0.25) is 9.89 Å². The van der Waals surface area contributed by atoms with Crippen LogP contribution in [0.15, 0.2) is 79.4 Å². The zero-order valence-corrected chi connectivity index (χ0v) is 22.1. The molecule has 0 aliphatic heterocycles. The Hall–Kier alpha value is -4.94. The molecule has 3 N–H and O–H groups in total. The Morgan fingerprint density at radius 1 is 1.02 bits per heavy atom. The normalized spacial score (nSPS) is 12.0. The third-order valence-corrected chi connectivity index (χ3v) is 6.60. The zero-order chi connectivity index (χ0) is 28.8. The summed E-state index contributed by atoms with van der Waals surface area (Å²) in [6.07, 6.45) is 4.14. The largest absolute Gasteiger partial charge is 0.491 e. The van der Waals surface area contributed by atoms with Crippen LogP contribution in [0.2, 0.25) is 0 Å². The number of hydrogen-bond donors (Lipinski definition) is 3. The quantitative estimate of drug-likeness (QED) is 0.0938. The fraction of sp³-hybridized carbons (Fsp3) is 0.188. The average Bonchev–Trinajstić information content (AvgIpc) is 3.61. The zero-order valence-electron chi connectivity index (χ0n) is 22.1. The molecule has 0 saturated heterocycles. The van der Waals surface area contributed by atoms with E-state index in [9.17, 15) is 13.6 Å². The van der Waals surface area contributed by atoms with Crippen molar-refractivity contribution >= 4 is 27.7 Å². The number of hydrogen-bond acceptors (Lipinski definition) is 4. The highest BCUT2D eigenvalue weighted by Gasteiger charge is 2.20. The molecule has 2 heterocycles. The Bertz CT molecular complexity index is 1720. The number of nitrogens with zero attached hydrogens (tertiary/aromatic N) is 1. The first kappa shape index (κ1) is 27.6. The molecule has 208 valence electrons. The van der Waals surface area contributed by atoms with Gasteiger partial charge in [-0.2, -0.15) is 5.10 Å². The van der Waals surface area contributed by atoms with E-state index in [2.05, 4.69) is 33.0 Å².